The Labute approximate surface area is 402 Å². The van der Waals surface area contributed by atoms with Crippen molar-refractivity contribution in [1.82, 2.24) is 21.3 Å². The normalized spacial score (nSPS) is 12.9. The summed E-state index contributed by atoms with van der Waals surface area (Å²) in [6.45, 7) is -0.154. The van der Waals surface area contributed by atoms with Crippen LogP contribution in [0.15, 0.2) is 0 Å². The first-order valence-corrected chi connectivity index (χ1v) is 22.1. The number of aliphatic hydroxyl groups excluding tert-OH is 6. The lowest BCUT2D eigenvalue weighted by Crippen LogP contribution is -2.48. The molecule has 0 saturated carbocycles. The van der Waals surface area contributed by atoms with Crippen LogP contribution in [-0.2, 0) is 9.59 Å². The largest absolute Gasteiger partial charge is 0.478 e. The molecule has 2 aromatic rings. The summed E-state index contributed by atoms with van der Waals surface area (Å²) in [7, 11) is 4.53. The number of anilines is 2. The van der Waals surface area contributed by atoms with Crippen molar-refractivity contribution in [3.8, 4) is 0 Å². The van der Waals surface area contributed by atoms with E-state index in [9.17, 15) is 39.0 Å². The highest BCUT2D eigenvalue weighted by atomic mass is 127. The molecular formula is C31H38I6N6O13. The lowest BCUT2D eigenvalue weighted by Gasteiger charge is -2.25. The number of nitrogens with one attached hydrogen (secondary N) is 5. The van der Waals surface area contributed by atoms with Gasteiger partial charge in [0.15, 0.2) is 0 Å². The zero-order chi connectivity index (χ0) is 43.4. The van der Waals surface area contributed by atoms with Gasteiger partial charge in [0.05, 0.1) is 73.8 Å². The number of carbonyl (C=O) groups is 6. The van der Waals surface area contributed by atoms with Crippen molar-refractivity contribution in [2.24, 2.45) is 0 Å². The number of hydrogen-bond donors (Lipinski definition) is 12. The second kappa shape index (κ2) is 25.2. The molecule has 19 nitrogen and oxygen atoms in total. The van der Waals surface area contributed by atoms with E-state index < -0.39 is 67.2 Å². The first-order chi connectivity index (χ1) is 26.1. The van der Waals surface area contributed by atoms with Gasteiger partial charge in [-0.15, -0.1) is 0 Å². The van der Waals surface area contributed by atoms with Crippen molar-refractivity contribution >= 4 is 182 Å². The highest BCUT2D eigenvalue weighted by Crippen LogP contribution is 2.38. The summed E-state index contributed by atoms with van der Waals surface area (Å²) in [4.78, 5) is 77.6. The van der Waals surface area contributed by atoms with Gasteiger partial charge in [-0.1, -0.05) is 0 Å². The maximum Gasteiger partial charge on any atom is 0.337 e. The highest BCUT2D eigenvalue weighted by molar-refractivity contribution is 14.1. The maximum atomic E-state index is 13.4. The van der Waals surface area contributed by atoms with Gasteiger partial charge >= 0.3 is 5.97 Å². The molecule has 0 spiro atoms. The maximum absolute atomic E-state index is 13.4. The fraction of sp³-hybridized carbons (Fsp3) is 0.419. The van der Waals surface area contributed by atoms with Crippen molar-refractivity contribution in [1.29, 1.82) is 0 Å². The van der Waals surface area contributed by atoms with E-state index in [1.54, 1.807) is 52.2 Å². The summed E-state index contributed by atoms with van der Waals surface area (Å²) >= 11 is 11.1. The van der Waals surface area contributed by atoms with E-state index in [0.717, 1.165) is 0 Å². The highest BCUT2D eigenvalue weighted by Gasteiger charge is 2.32. The Hall–Kier alpha value is -0.640. The molecule has 312 valence electrons. The Morgan fingerprint density at radius 1 is 0.679 bits per heavy atom. The molecule has 4 atom stereocenters. The van der Waals surface area contributed by atoms with Gasteiger partial charge in [0.25, 0.3) is 17.7 Å². The minimum Gasteiger partial charge on any atom is -0.478 e. The van der Waals surface area contributed by atoms with Gasteiger partial charge in [-0.05, 0) is 143 Å². The summed E-state index contributed by atoms with van der Waals surface area (Å²) in [5.74, 6) is -4.14. The monoisotopic (exact) mass is 1460 g/mol. The van der Waals surface area contributed by atoms with Crippen molar-refractivity contribution < 1.29 is 64.5 Å². The van der Waals surface area contributed by atoms with Crippen LogP contribution in [0.5, 0.6) is 0 Å². The molecule has 2 rings (SSSR count). The first kappa shape index (κ1) is 53.4. The van der Waals surface area contributed by atoms with E-state index in [1.807, 2.05) is 90.4 Å². The Balaban J connectivity index is 0.00000103. The number of nitrogens with zero attached hydrogens (tertiary/aromatic N) is 1. The molecule has 0 radical (unpaired) electrons. The second-order valence-electron chi connectivity index (χ2n) is 11.1. The van der Waals surface area contributed by atoms with Gasteiger partial charge in [-0.25, -0.2) is 4.79 Å². The number of carbonyl (C=O) groups excluding carboxylic acids is 5. The molecule has 0 aliphatic heterocycles. The van der Waals surface area contributed by atoms with Crippen molar-refractivity contribution in [2.75, 3.05) is 64.2 Å². The number of benzene rings is 2. The Morgan fingerprint density at radius 2 is 1.14 bits per heavy atom. The summed E-state index contributed by atoms with van der Waals surface area (Å²) < 4.78 is 1.76. The van der Waals surface area contributed by atoms with Crippen LogP contribution in [-0.4, -0.2) is 150 Å². The lowest BCUT2D eigenvalue weighted by atomic mass is 10.0. The molecular weight excluding hydrogens is 1430 g/mol. The molecule has 0 aliphatic rings. The van der Waals surface area contributed by atoms with Gasteiger partial charge in [0, 0.05) is 41.2 Å². The van der Waals surface area contributed by atoms with Crippen LogP contribution in [0.25, 0.3) is 0 Å². The third kappa shape index (κ3) is 13.7. The van der Waals surface area contributed by atoms with Crippen molar-refractivity contribution in [3.63, 3.8) is 0 Å². The molecule has 0 aromatic heterocycles. The summed E-state index contributed by atoms with van der Waals surface area (Å²) in [5.41, 5.74) is 0.529. The third-order valence-corrected chi connectivity index (χ3v) is 13.8. The van der Waals surface area contributed by atoms with E-state index in [1.165, 1.54) is 25.9 Å². The number of aromatic carboxylic acids is 1. The molecule has 0 heterocycles. The number of rotatable bonds is 16. The Morgan fingerprint density at radius 3 is 1.61 bits per heavy atom. The Bertz CT molecular complexity index is 1820. The van der Waals surface area contributed by atoms with E-state index in [0.29, 0.717) is 16.4 Å². The second-order valence-corrected chi connectivity index (χ2v) is 17.6. The zero-order valence-electron chi connectivity index (χ0n) is 29.6. The van der Waals surface area contributed by atoms with Crippen LogP contribution < -0.4 is 31.5 Å². The molecule has 0 fully saturated rings. The van der Waals surface area contributed by atoms with Gasteiger partial charge in [0.2, 0.25) is 11.8 Å². The van der Waals surface area contributed by atoms with Gasteiger partial charge < -0.3 is 67.2 Å². The molecule has 12 N–H and O–H groups in total. The predicted molar refractivity (Wildman–Crippen MR) is 254 cm³/mol. The first-order valence-electron chi connectivity index (χ1n) is 15.6. The van der Waals surface area contributed by atoms with E-state index in [4.69, 9.17) is 25.5 Å². The predicted octanol–water partition coefficient (Wildman–Crippen LogP) is 0.0870. The summed E-state index contributed by atoms with van der Waals surface area (Å²) in [6, 6.07) is 0. The van der Waals surface area contributed by atoms with Crippen LogP contribution >= 0.6 is 136 Å². The standard InChI is InChI=1S/C24H21I6N5O8.C7H17NO5/c1-7(37)35(3)20-17(29)10(21(39)31-2)13(25)11(18(20)30)23(41)33-6-8(38)34-19-15(27)9(22(40)32-4-5-36)14(26)12(16(19)28)24(42)43;1-8-2-4(10)6(12)7(13)5(11)3-9/h36H,4-6H2,1-3H3,(H,31,39)(H,32,40)(H,33,41)(H,34,38)(H,42,43);4-13H,2-3H2,1H3/t;4-,5+,6+,7+/m.0/s1. The molecule has 2 aromatic carbocycles. The quantitative estimate of drug-likeness (QED) is 0.0993. The Kier molecular flexibility index (Phi) is 24.0. The number of hydrogen-bond acceptors (Lipinski definition) is 13. The molecule has 0 aliphatic carbocycles. The number of aliphatic hydroxyl groups is 6. The van der Waals surface area contributed by atoms with Gasteiger partial charge in [0.1, 0.15) is 18.3 Å². The summed E-state index contributed by atoms with van der Waals surface area (Å²) in [6.07, 6.45) is -5.65. The molecule has 5 amide bonds. The van der Waals surface area contributed by atoms with Crippen LogP contribution in [0.1, 0.15) is 48.4 Å². The average molecular weight is 1460 g/mol. The fourth-order valence-corrected chi connectivity index (χ4v) is 13.6. The van der Waals surface area contributed by atoms with Gasteiger partial charge in [-0.2, -0.15) is 0 Å². The molecule has 0 unspecified atom stereocenters. The van der Waals surface area contributed by atoms with E-state index >= 15 is 0 Å². The molecule has 0 bridgehead atoms. The third-order valence-electron chi connectivity index (χ3n) is 7.35. The smallest absolute Gasteiger partial charge is 0.337 e. The minimum absolute atomic E-state index is 0.0126. The number of halogens is 6. The molecule has 0 saturated heterocycles. The number of amides is 5. The van der Waals surface area contributed by atoms with Gasteiger partial charge in [-0.3, -0.25) is 24.0 Å². The van der Waals surface area contributed by atoms with Crippen molar-refractivity contribution in [2.45, 2.75) is 31.3 Å². The minimum atomic E-state index is -1.55. The average Bonchev–Trinajstić information content (AvgIpc) is 3.13. The number of likely N-dealkylation sites (N-methyl/N-ethyl adjacent to an activating group) is 1. The molecule has 25 heteroatoms. The van der Waals surface area contributed by atoms with Crippen LogP contribution in [0.4, 0.5) is 11.4 Å². The van der Waals surface area contributed by atoms with Crippen molar-refractivity contribution in [3.05, 3.63) is 43.7 Å². The van der Waals surface area contributed by atoms with Crippen LogP contribution in [0, 0.1) is 21.4 Å². The zero-order valence-corrected chi connectivity index (χ0v) is 42.6. The van der Waals surface area contributed by atoms with Crippen LogP contribution in [0.3, 0.4) is 0 Å². The van der Waals surface area contributed by atoms with Crippen LogP contribution in [0.2, 0.25) is 0 Å². The molecule has 56 heavy (non-hydrogen) atoms. The lowest BCUT2D eigenvalue weighted by molar-refractivity contribution is -0.116. The van der Waals surface area contributed by atoms with E-state index in [2.05, 4.69) is 26.6 Å². The SMILES string of the molecule is CNC(=O)c1c(I)c(C(=O)NCC(=O)Nc2c(I)c(C(=O)O)c(I)c(C(=O)NCCO)c2I)c(I)c(N(C)C(C)=O)c1I.CNC[C@H](O)[C@@H](O)[C@H](O)[C@H](O)CO. The number of carboxylic acid groups (broad SMARTS) is 1. The van der Waals surface area contributed by atoms with E-state index in [-0.39, 0.29) is 64.3 Å². The number of carboxylic acids is 1. The topological polar surface area (TPSA) is 307 Å². The fourth-order valence-electron chi connectivity index (χ4n) is 4.37. The summed E-state index contributed by atoms with van der Waals surface area (Å²) in [5, 5.41) is 76.5.